The van der Waals surface area contributed by atoms with Gasteiger partial charge in [-0.05, 0) is 61.8 Å². The summed E-state index contributed by atoms with van der Waals surface area (Å²) in [6.07, 6.45) is 11.5. The Balaban J connectivity index is 1.53. The third kappa shape index (κ3) is 5.03. The number of likely N-dealkylation sites (tertiary alicyclic amines) is 1. The third-order valence-electron chi connectivity index (χ3n) is 7.15. The van der Waals surface area contributed by atoms with Gasteiger partial charge in [-0.3, -0.25) is 14.6 Å². The second kappa shape index (κ2) is 10.3. The molecule has 1 saturated carbocycles. The van der Waals surface area contributed by atoms with E-state index >= 15 is 0 Å². The van der Waals surface area contributed by atoms with Crippen molar-refractivity contribution in [1.82, 2.24) is 15.2 Å². The summed E-state index contributed by atoms with van der Waals surface area (Å²) < 4.78 is 0. The van der Waals surface area contributed by atoms with Gasteiger partial charge in [0.2, 0.25) is 11.8 Å². The number of carbonyl (C=O) groups is 2. The second-order valence-electron chi connectivity index (χ2n) is 9.45. The van der Waals surface area contributed by atoms with Crippen molar-refractivity contribution in [2.24, 2.45) is 11.3 Å². The molecule has 0 spiro atoms. The van der Waals surface area contributed by atoms with Gasteiger partial charge in [0.05, 0.1) is 5.41 Å². The van der Waals surface area contributed by atoms with Crippen LogP contribution in [0.4, 0.5) is 0 Å². The Morgan fingerprint density at radius 3 is 2.53 bits per heavy atom. The summed E-state index contributed by atoms with van der Waals surface area (Å²) in [5.41, 5.74) is 2.77. The van der Waals surface area contributed by atoms with Gasteiger partial charge >= 0.3 is 0 Å². The lowest BCUT2D eigenvalue weighted by atomic mass is 9.73. The molecule has 1 aliphatic heterocycles. The zero-order valence-electron chi connectivity index (χ0n) is 19.2. The second-order valence-corrected chi connectivity index (χ2v) is 9.45. The lowest BCUT2D eigenvalue weighted by Gasteiger charge is -2.43. The smallest absolute Gasteiger partial charge is 0.228 e. The first kappa shape index (κ1) is 22.5. The van der Waals surface area contributed by atoms with Gasteiger partial charge in [-0.15, -0.1) is 0 Å². The summed E-state index contributed by atoms with van der Waals surface area (Å²) in [7, 11) is 0. The molecule has 1 N–H and O–H groups in total. The van der Waals surface area contributed by atoms with Gasteiger partial charge in [0.1, 0.15) is 0 Å². The van der Waals surface area contributed by atoms with E-state index in [4.69, 9.17) is 0 Å². The zero-order chi connectivity index (χ0) is 22.4. The molecule has 2 aromatic rings. The molecule has 5 heteroatoms. The van der Waals surface area contributed by atoms with Crippen LogP contribution in [0.5, 0.6) is 0 Å². The quantitative estimate of drug-likeness (QED) is 0.723. The first-order chi connectivity index (χ1) is 15.6. The van der Waals surface area contributed by atoms with Crippen LogP contribution < -0.4 is 5.32 Å². The van der Waals surface area contributed by atoms with Crippen LogP contribution in [-0.2, 0) is 16.0 Å². The average molecular weight is 434 g/mol. The van der Waals surface area contributed by atoms with Crippen LogP contribution in [0.3, 0.4) is 0 Å². The fraction of sp³-hybridized carbons (Fsp3) is 0.519. The number of amides is 2. The first-order valence-corrected chi connectivity index (χ1v) is 12.2. The van der Waals surface area contributed by atoms with Crippen molar-refractivity contribution in [2.45, 2.75) is 58.3 Å². The summed E-state index contributed by atoms with van der Waals surface area (Å²) in [6, 6.07) is 12.4. The summed E-state index contributed by atoms with van der Waals surface area (Å²) >= 11 is 0. The fourth-order valence-corrected chi connectivity index (χ4v) is 5.42. The minimum absolute atomic E-state index is 0.0810. The Labute approximate surface area is 191 Å². The van der Waals surface area contributed by atoms with Crippen LogP contribution in [0.1, 0.15) is 57.4 Å². The van der Waals surface area contributed by atoms with Crippen molar-refractivity contribution in [3.8, 4) is 11.1 Å². The Hall–Kier alpha value is -2.69. The molecule has 32 heavy (non-hydrogen) atoms. The molecule has 5 nitrogen and oxygen atoms in total. The van der Waals surface area contributed by atoms with E-state index in [1.54, 1.807) is 6.20 Å². The molecule has 1 atom stereocenters. The minimum Gasteiger partial charge on any atom is -0.356 e. The number of carbonyl (C=O) groups excluding carboxylic acids is 2. The van der Waals surface area contributed by atoms with Gasteiger partial charge in [-0.25, -0.2) is 0 Å². The van der Waals surface area contributed by atoms with E-state index < -0.39 is 5.41 Å². The number of benzene rings is 1. The van der Waals surface area contributed by atoms with Crippen LogP contribution in [-0.4, -0.2) is 41.3 Å². The molecule has 2 aliphatic rings. The molecule has 170 valence electrons. The number of aromatic nitrogens is 1. The predicted molar refractivity (Wildman–Crippen MR) is 127 cm³/mol. The van der Waals surface area contributed by atoms with Crippen molar-refractivity contribution in [3.05, 3.63) is 54.4 Å². The molecule has 2 fully saturated rings. The third-order valence-corrected chi connectivity index (χ3v) is 7.15. The maximum absolute atomic E-state index is 13.3. The van der Waals surface area contributed by atoms with Crippen LogP contribution >= 0.6 is 0 Å². The van der Waals surface area contributed by atoms with E-state index in [1.165, 1.54) is 6.42 Å². The maximum Gasteiger partial charge on any atom is 0.228 e. The van der Waals surface area contributed by atoms with Crippen LogP contribution in [0.2, 0.25) is 0 Å². The molecule has 1 aromatic carbocycles. The molecular formula is C27H35N3O2. The Morgan fingerprint density at radius 2 is 1.84 bits per heavy atom. The highest BCUT2D eigenvalue weighted by molar-refractivity contribution is 5.85. The lowest BCUT2D eigenvalue weighted by Crippen LogP contribution is -2.55. The molecule has 1 aromatic heterocycles. The van der Waals surface area contributed by atoms with E-state index in [0.717, 1.165) is 61.8 Å². The van der Waals surface area contributed by atoms with E-state index in [0.29, 0.717) is 19.5 Å². The highest BCUT2D eigenvalue weighted by atomic mass is 16.2. The van der Waals surface area contributed by atoms with Gasteiger partial charge in [0.15, 0.2) is 0 Å². The number of hydrogen-bond acceptors (Lipinski definition) is 3. The summed E-state index contributed by atoms with van der Waals surface area (Å²) in [5, 5.41) is 3.07. The summed E-state index contributed by atoms with van der Waals surface area (Å²) in [5.74, 6) is 0.495. The molecule has 1 saturated heterocycles. The predicted octanol–water partition coefficient (Wildman–Crippen LogP) is 4.62. The Morgan fingerprint density at radius 1 is 1.06 bits per heavy atom. The normalized spacial score (nSPS) is 21.8. The molecule has 2 amide bonds. The standard InChI is InChI=1S/C27H35N3O2/c1-2-29-26(32)27(15-7-17-30(20-27)25(31)23-8-4-3-5-9-23)18-21-11-13-22(14-12-21)24-10-6-16-28-19-24/h6,10-14,16,19,23H,2-5,7-9,15,17-18,20H2,1H3,(H,29,32). The van der Waals surface area contributed by atoms with Crippen LogP contribution in [0.15, 0.2) is 48.8 Å². The number of piperidine rings is 1. The number of rotatable bonds is 6. The van der Waals surface area contributed by atoms with E-state index in [9.17, 15) is 9.59 Å². The molecule has 0 bridgehead atoms. The van der Waals surface area contributed by atoms with Crippen molar-refractivity contribution >= 4 is 11.8 Å². The van der Waals surface area contributed by atoms with Crippen LogP contribution in [0, 0.1) is 11.3 Å². The highest BCUT2D eigenvalue weighted by Crippen LogP contribution is 2.36. The SMILES string of the molecule is CCNC(=O)C1(Cc2ccc(-c3cccnc3)cc2)CCCN(C(=O)C2CCCCC2)C1. The van der Waals surface area contributed by atoms with Crippen molar-refractivity contribution < 1.29 is 9.59 Å². The zero-order valence-corrected chi connectivity index (χ0v) is 19.2. The molecule has 1 aliphatic carbocycles. The monoisotopic (exact) mass is 433 g/mol. The highest BCUT2D eigenvalue weighted by Gasteiger charge is 2.44. The maximum atomic E-state index is 13.3. The van der Waals surface area contributed by atoms with Gasteiger partial charge in [-0.1, -0.05) is 49.6 Å². The van der Waals surface area contributed by atoms with E-state index in [2.05, 4.69) is 34.6 Å². The van der Waals surface area contributed by atoms with Crippen molar-refractivity contribution in [3.63, 3.8) is 0 Å². The number of nitrogens with one attached hydrogen (secondary N) is 1. The number of hydrogen-bond donors (Lipinski definition) is 1. The summed E-state index contributed by atoms with van der Waals surface area (Å²) in [4.78, 5) is 32.8. The Kier molecular flexibility index (Phi) is 7.23. The van der Waals surface area contributed by atoms with Gasteiger partial charge < -0.3 is 10.2 Å². The summed E-state index contributed by atoms with van der Waals surface area (Å²) in [6.45, 7) is 3.87. The van der Waals surface area contributed by atoms with Gasteiger partial charge in [0.25, 0.3) is 0 Å². The fourth-order valence-electron chi connectivity index (χ4n) is 5.42. The van der Waals surface area contributed by atoms with Gasteiger partial charge in [0, 0.05) is 37.9 Å². The Bertz CT molecular complexity index is 906. The van der Waals surface area contributed by atoms with E-state index in [1.807, 2.05) is 30.2 Å². The van der Waals surface area contributed by atoms with Crippen LogP contribution in [0.25, 0.3) is 11.1 Å². The molecule has 2 heterocycles. The minimum atomic E-state index is -0.561. The molecular weight excluding hydrogens is 398 g/mol. The van der Waals surface area contributed by atoms with Crippen molar-refractivity contribution in [2.75, 3.05) is 19.6 Å². The van der Waals surface area contributed by atoms with E-state index in [-0.39, 0.29) is 17.7 Å². The lowest BCUT2D eigenvalue weighted by molar-refractivity contribution is -0.145. The topological polar surface area (TPSA) is 62.3 Å². The van der Waals surface area contributed by atoms with Gasteiger partial charge in [-0.2, -0.15) is 0 Å². The number of nitrogens with zero attached hydrogens (tertiary/aromatic N) is 2. The number of pyridine rings is 1. The molecule has 0 radical (unpaired) electrons. The molecule has 1 unspecified atom stereocenters. The average Bonchev–Trinajstić information content (AvgIpc) is 2.85. The first-order valence-electron chi connectivity index (χ1n) is 12.2. The molecule has 4 rings (SSSR count). The largest absolute Gasteiger partial charge is 0.356 e. The van der Waals surface area contributed by atoms with Crippen molar-refractivity contribution in [1.29, 1.82) is 0 Å².